The second-order valence-electron chi connectivity index (χ2n) is 5.36. The Morgan fingerprint density at radius 2 is 1.60 bits per heavy atom. The van der Waals surface area contributed by atoms with Crippen LogP contribution in [0.4, 0.5) is 17.4 Å². The molecule has 7 nitrogen and oxygen atoms in total. The molecule has 0 atom stereocenters. The Kier molecular flexibility index (Phi) is 3.59. The third-order valence-electron chi connectivity index (χ3n) is 3.71. The first-order valence-corrected chi connectivity index (χ1v) is 7.52. The number of phenols is 1. The van der Waals surface area contributed by atoms with Crippen LogP contribution in [0.1, 0.15) is 0 Å². The van der Waals surface area contributed by atoms with Crippen LogP contribution in [0, 0.1) is 0 Å². The number of fused-ring (bicyclic) bond motifs is 1. The first-order chi connectivity index (χ1) is 12.2. The monoisotopic (exact) mass is 331 g/mol. The normalized spacial score (nSPS) is 11.4. The highest BCUT2D eigenvalue weighted by molar-refractivity contribution is 5.99. The van der Waals surface area contributed by atoms with Gasteiger partial charge in [0.05, 0.1) is 5.69 Å². The van der Waals surface area contributed by atoms with Crippen molar-refractivity contribution in [1.29, 1.82) is 0 Å². The largest absolute Gasteiger partial charge is 0.508 e. The van der Waals surface area contributed by atoms with E-state index in [-0.39, 0.29) is 11.8 Å². The molecule has 25 heavy (non-hydrogen) atoms. The van der Waals surface area contributed by atoms with Crippen LogP contribution in [0.2, 0.25) is 0 Å². The predicted molar refractivity (Wildman–Crippen MR) is 93.9 cm³/mol. The van der Waals surface area contributed by atoms with Crippen LogP contribution in [-0.4, -0.2) is 15.3 Å². The zero-order valence-electron chi connectivity index (χ0n) is 13.0. The molecule has 0 fully saturated rings. The van der Waals surface area contributed by atoms with Crippen molar-refractivity contribution in [2.24, 2.45) is 10.2 Å². The molecule has 4 aromatic rings. The Labute approximate surface area is 142 Å². The van der Waals surface area contributed by atoms with Gasteiger partial charge >= 0.3 is 6.01 Å². The van der Waals surface area contributed by atoms with Crippen LogP contribution in [0.15, 0.2) is 75.3 Å². The summed E-state index contributed by atoms with van der Waals surface area (Å²) < 4.78 is 5.48. The summed E-state index contributed by atoms with van der Waals surface area (Å²) >= 11 is 0. The van der Waals surface area contributed by atoms with E-state index in [1.54, 1.807) is 36.4 Å². The second-order valence-corrected chi connectivity index (χ2v) is 5.36. The van der Waals surface area contributed by atoms with Crippen molar-refractivity contribution in [2.75, 3.05) is 5.73 Å². The number of hydrogen-bond donors (Lipinski definition) is 2. The van der Waals surface area contributed by atoms with Gasteiger partial charge in [0, 0.05) is 22.0 Å². The van der Waals surface area contributed by atoms with Gasteiger partial charge in [0.15, 0.2) is 0 Å². The van der Waals surface area contributed by atoms with E-state index in [4.69, 9.17) is 10.2 Å². The Hall–Kier alpha value is -3.74. The molecule has 0 unspecified atom stereocenters. The van der Waals surface area contributed by atoms with E-state index in [9.17, 15) is 5.11 Å². The smallest absolute Gasteiger partial charge is 0.361 e. The second kappa shape index (κ2) is 6.04. The number of azo groups is 1. The quantitative estimate of drug-likeness (QED) is 0.421. The van der Waals surface area contributed by atoms with Crippen molar-refractivity contribution in [3.63, 3.8) is 0 Å². The SMILES string of the molecule is Nc1ccc(N=Nc2nnc(-c3ccc(O)cc3)o2)c2ccccc12. The van der Waals surface area contributed by atoms with Crippen molar-refractivity contribution >= 4 is 28.2 Å². The van der Waals surface area contributed by atoms with Crippen LogP contribution < -0.4 is 5.73 Å². The molecule has 4 rings (SSSR count). The number of hydrogen-bond acceptors (Lipinski definition) is 7. The van der Waals surface area contributed by atoms with Crippen LogP contribution in [0.25, 0.3) is 22.2 Å². The van der Waals surface area contributed by atoms with E-state index in [1.165, 1.54) is 0 Å². The van der Waals surface area contributed by atoms with Gasteiger partial charge < -0.3 is 15.3 Å². The van der Waals surface area contributed by atoms with Gasteiger partial charge in [0.2, 0.25) is 5.89 Å². The van der Waals surface area contributed by atoms with Crippen molar-refractivity contribution in [3.05, 3.63) is 60.7 Å². The fourth-order valence-electron chi connectivity index (χ4n) is 2.47. The standard InChI is InChI=1S/C18H13N5O2/c19-15-9-10-16(14-4-2-1-3-13(14)15)20-22-18-23-21-17(25-18)11-5-7-12(24)8-6-11/h1-10,24H,19H2. The van der Waals surface area contributed by atoms with Crippen LogP contribution >= 0.6 is 0 Å². The molecule has 1 heterocycles. The Balaban J connectivity index is 1.65. The number of rotatable bonds is 3. The van der Waals surface area contributed by atoms with Gasteiger partial charge in [-0.3, -0.25) is 0 Å². The molecule has 0 amide bonds. The van der Waals surface area contributed by atoms with Crippen molar-refractivity contribution in [1.82, 2.24) is 10.2 Å². The van der Waals surface area contributed by atoms with Crippen LogP contribution in [0.3, 0.4) is 0 Å². The number of anilines is 1. The third-order valence-corrected chi connectivity index (χ3v) is 3.71. The summed E-state index contributed by atoms with van der Waals surface area (Å²) in [6.07, 6.45) is 0. The number of nitrogen functional groups attached to an aromatic ring is 1. The zero-order chi connectivity index (χ0) is 17.2. The molecule has 0 aliphatic heterocycles. The van der Waals surface area contributed by atoms with E-state index in [1.807, 2.05) is 24.3 Å². The number of nitrogens with zero attached hydrogens (tertiary/aromatic N) is 4. The van der Waals surface area contributed by atoms with E-state index >= 15 is 0 Å². The topological polar surface area (TPSA) is 110 Å². The molecule has 0 saturated heterocycles. The van der Waals surface area contributed by atoms with E-state index in [0.717, 1.165) is 10.8 Å². The highest BCUT2D eigenvalue weighted by Crippen LogP contribution is 2.31. The Morgan fingerprint density at radius 1 is 0.840 bits per heavy atom. The summed E-state index contributed by atoms with van der Waals surface area (Å²) in [4.78, 5) is 0. The van der Waals surface area contributed by atoms with Gasteiger partial charge in [-0.15, -0.1) is 10.2 Å². The molecular formula is C18H13N5O2. The number of nitrogens with two attached hydrogens (primary N) is 1. The molecule has 122 valence electrons. The Bertz CT molecular complexity index is 1070. The van der Waals surface area contributed by atoms with Crippen LogP contribution in [-0.2, 0) is 0 Å². The van der Waals surface area contributed by atoms with Gasteiger partial charge in [-0.05, 0) is 36.4 Å². The summed E-state index contributed by atoms with van der Waals surface area (Å²) in [7, 11) is 0. The maximum absolute atomic E-state index is 9.32. The van der Waals surface area contributed by atoms with Crippen molar-refractivity contribution in [2.45, 2.75) is 0 Å². The first-order valence-electron chi connectivity index (χ1n) is 7.52. The predicted octanol–water partition coefficient (Wildman–Crippen LogP) is 4.59. The van der Waals surface area contributed by atoms with Crippen molar-refractivity contribution in [3.8, 4) is 17.2 Å². The number of aromatic hydroxyl groups is 1. The Morgan fingerprint density at radius 3 is 2.40 bits per heavy atom. The minimum Gasteiger partial charge on any atom is -0.508 e. The van der Waals surface area contributed by atoms with Gasteiger partial charge in [-0.2, -0.15) is 0 Å². The van der Waals surface area contributed by atoms with E-state index in [0.29, 0.717) is 22.8 Å². The molecule has 0 saturated carbocycles. The molecule has 0 radical (unpaired) electrons. The molecule has 1 aromatic heterocycles. The maximum atomic E-state index is 9.32. The molecule has 0 spiro atoms. The molecular weight excluding hydrogens is 318 g/mol. The third kappa shape index (κ3) is 2.90. The van der Waals surface area contributed by atoms with Gasteiger partial charge in [-0.1, -0.05) is 34.5 Å². The summed E-state index contributed by atoms with van der Waals surface area (Å²) in [6, 6.07) is 17.7. The molecule has 0 aliphatic rings. The van der Waals surface area contributed by atoms with E-state index in [2.05, 4.69) is 20.4 Å². The van der Waals surface area contributed by atoms with Crippen LogP contribution in [0.5, 0.6) is 5.75 Å². The summed E-state index contributed by atoms with van der Waals surface area (Å²) in [5.74, 6) is 0.467. The molecule has 0 bridgehead atoms. The average Bonchev–Trinajstić information content (AvgIpc) is 3.11. The minimum atomic E-state index is 0.0454. The lowest BCUT2D eigenvalue weighted by Gasteiger charge is -2.03. The lowest BCUT2D eigenvalue weighted by molar-refractivity contribution is 0.475. The van der Waals surface area contributed by atoms with Gasteiger partial charge in [0.1, 0.15) is 5.75 Å². The van der Waals surface area contributed by atoms with Gasteiger partial charge in [0.25, 0.3) is 0 Å². The maximum Gasteiger partial charge on any atom is 0.361 e. The summed E-state index contributed by atoms with van der Waals surface area (Å²) in [5.41, 5.74) is 8.01. The molecule has 3 aromatic carbocycles. The number of benzene rings is 3. The van der Waals surface area contributed by atoms with E-state index < -0.39 is 0 Å². The summed E-state index contributed by atoms with van der Waals surface area (Å²) in [5, 5.41) is 27.1. The molecule has 7 heteroatoms. The lowest BCUT2D eigenvalue weighted by atomic mass is 10.1. The molecule has 3 N–H and O–H groups in total. The van der Waals surface area contributed by atoms with Crippen molar-refractivity contribution < 1.29 is 9.52 Å². The average molecular weight is 331 g/mol. The van der Waals surface area contributed by atoms with Gasteiger partial charge in [-0.25, -0.2) is 0 Å². The highest BCUT2D eigenvalue weighted by Gasteiger charge is 2.08. The molecule has 0 aliphatic carbocycles. The first kappa shape index (κ1) is 14.8. The fourth-order valence-corrected chi connectivity index (χ4v) is 2.47. The number of phenolic OH excluding ortho intramolecular Hbond substituents is 1. The minimum absolute atomic E-state index is 0.0454. The lowest BCUT2D eigenvalue weighted by Crippen LogP contribution is -1.86. The summed E-state index contributed by atoms with van der Waals surface area (Å²) in [6.45, 7) is 0. The zero-order valence-corrected chi connectivity index (χ0v) is 13.0. The highest BCUT2D eigenvalue weighted by atomic mass is 16.4. The number of aromatic nitrogens is 2. The fraction of sp³-hybridized carbons (Fsp3) is 0.